The van der Waals surface area contributed by atoms with Gasteiger partial charge in [-0.25, -0.2) is 8.78 Å². The van der Waals surface area contributed by atoms with Gasteiger partial charge in [0.2, 0.25) is 17.7 Å². The lowest BCUT2D eigenvalue weighted by Gasteiger charge is -2.31. The number of halogens is 2. The van der Waals surface area contributed by atoms with Gasteiger partial charge in [0.1, 0.15) is 0 Å². The molecule has 3 aromatic heterocycles. The summed E-state index contributed by atoms with van der Waals surface area (Å²) in [5.41, 5.74) is 7.99. The van der Waals surface area contributed by atoms with Gasteiger partial charge in [0.25, 0.3) is 11.7 Å². The molecule has 12 heteroatoms. The first-order valence-corrected chi connectivity index (χ1v) is 11.7. The molecule has 0 atom stereocenters. The zero-order valence-electron chi connectivity index (χ0n) is 19.5. The molecular weight excluding hydrogens is 470 g/mol. The smallest absolute Gasteiger partial charge is 0.259 e. The summed E-state index contributed by atoms with van der Waals surface area (Å²) in [4.78, 5) is 27.1. The average Bonchev–Trinajstić information content (AvgIpc) is 3.52. The van der Waals surface area contributed by atoms with Crippen molar-refractivity contribution in [1.82, 2.24) is 29.5 Å². The van der Waals surface area contributed by atoms with Crippen molar-refractivity contribution in [3.8, 4) is 11.6 Å². The molecule has 10 nitrogen and oxygen atoms in total. The van der Waals surface area contributed by atoms with Gasteiger partial charge in [-0.2, -0.15) is 19.5 Å². The third-order valence-corrected chi connectivity index (χ3v) is 6.08. The van der Waals surface area contributed by atoms with Crippen LogP contribution in [0.15, 0.2) is 47.1 Å². The van der Waals surface area contributed by atoms with Crippen LogP contribution in [0, 0.1) is 0 Å². The summed E-state index contributed by atoms with van der Waals surface area (Å²) in [6.45, 7) is 1.29. The highest BCUT2D eigenvalue weighted by Gasteiger charge is 2.34. The third kappa shape index (κ3) is 5.65. The van der Waals surface area contributed by atoms with E-state index in [1.807, 2.05) is 29.2 Å². The average molecular weight is 497 g/mol. The van der Waals surface area contributed by atoms with E-state index < -0.39 is 5.92 Å². The molecule has 1 saturated heterocycles. The summed E-state index contributed by atoms with van der Waals surface area (Å²) in [6.07, 6.45) is 2.17. The van der Waals surface area contributed by atoms with Gasteiger partial charge in [-0.15, -0.1) is 5.10 Å². The van der Waals surface area contributed by atoms with Crippen molar-refractivity contribution in [3.05, 3.63) is 53.8 Å². The Morgan fingerprint density at radius 3 is 2.56 bits per heavy atom. The molecule has 36 heavy (non-hydrogen) atoms. The Bertz CT molecular complexity index is 1330. The number of nitrogens with one attached hydrogen (secondary N) is 1. The van der Waals surface area contributed by atoms with Crippen LogP contribution in [0.4, 0.5) is 20.7 Å². The first kappa shape index (κ1) is 23.8. The molecule has 0 unspecified atom stereocenters. The highest BCUT2D eigenvalue weighted by Crippen LogP contribution is 2.27. The summed E-state index contributed by atoms with van der Waals surface area (Å²) in [5, 5.41) is 7.42. The minimum atomic E-state index is -2.60. The number of aromatic nitrogens is 5. The second kappa shape index (κ2) is 9.97. The molecule has 0 spiro atoms. The molecule has 0 radical (unpaired) electrons. The molecular formula is C24H26F2N8O2. The van der Waals surface area contributed by atoms with E-state index in [-0.39, 0.29) is 50.6 Å². The van der Waals surface area contributed by atoms with Crippen LogP contribution in [0.5, 0.6) is 0 Å². The molecule has 0 amide bonds. The number of hydrogen-bond acceptors (Lipinski definition) is 9. The van der Waals surface area contributed by atoms with Gasteiger partial charge < -0.3 is 15.5 Å². The molecule has 4 heterocycles. The number of ketones is 1. The quantitative estimate of drug-likeness (QED) is 0.359. The Morgan fingerprint density at radius 1 is 1.08 bits per heavy atom. The molecule has 0 bridgehead atoms. The highest BCUT2D eigenvalue weighted by molar-refractivity contribution is 5.82. The number of fused-ring (bicyclic) bond motifs is 1. The number of alkyl halides is 2. The van der Waals surface area contributed by atoms with Crippen LogP contribution in [-0.2, 0) is 17.6 Å². The number of furan rings is 1. The Morgan fingerprint density at radius 2 is 1.83 bits per heavy atom. The number of nitrogens with two attached hydrogens (primary N) is 1. The fourth-order valence-electron chi connectivity index (χ4n) is 4.11. The van der Waals surface area contributed by atoms with Crippen LogP contribution in [0.25, 0.3) is 17.4 Å². The van der Waals surface area contributed by atoms with Crippen molar-refractivity contribution < 1.29 is 18.0 Å². The van der Waals surface area contributed by atoms with Crippen LogP contribution in [0.2, 0.25) is 0 Å². The summed E-state index contributed by atoms with van der Waals surface area (Å²) in [7, 11) is 0. The lowest BCUT2D eigenvalue weighted by Crippen LogP contribution is -2.42. The molecule has 188 valence electrons. The molecule has 5 rings (SSSR count). The number of rotatable bonds is 9. The van der Waals surface area contributed by atoms with Crippen LogP contribution in [0.3, 0.4) is 0 Å². The number of carbonyl (C=O) groups is 1. The number of benzene rings is 1. The predicted octanol–water partition coefficient (Wildman–Crippen LogP) is 2.86. The zero-order chi connectivity index (χ0) is 25.1. The normalized spacial score (nSPS) is 15.8. The largest absolute Gasteiger partial charge is 0.461 e. The monoisotopic (exact) mass is 496 g/mol. The Kier molecular flexibility index (Phi) is 6.59. The number of hydrogen-bond donors (Lipinski definition) is 2. The lowest BCUT2D eigenvalue weighted by molar-refractivity contribution is -0.121. The van der Waals surface area contributed by atoms with Gasteiger partial charge in [-0.3, -0.25) is 9.69 Å². The molecule has 4 aromatic rings. The van der Waals surface area contributed by atoms with Crippen LogP contribution >= 0.6 is 0 Å². The van der Waals surface area contributed by atoms with Crippen molar-refractivity contribution in [2.24, 2.45) is 0 Å². The molecule has 1 aliphatic heterocycles. The maximum atomic E-state index is 13.3. The van der Waals surface area contributed by atoms with E-state index in [1.54, 1.807) is 12.1 Å². The first-order valence-electron chi connectivity index (χ1n) is 11.7. The maximum Gasteiger partial charge on any atom is 0.259 e. The summed E-state index contributed by atoms with van der Waals surface area (Å²) in [6, 6.07) is 11.3. The van der Waals surface area contributed by atoms with Gasteiger partial charge in [-0.1, -0.05) is 24.3 Å². The Balaban J connectivity index is 1.11. The van der Waals surface area contributed by atoms with E-state index in [2.05, 4.69) is 25.4 Å². The summed E-state index contributed by atoms with van der Waals surface area (Å²) in [5.74, 6) is -0.885. The van der Waals surface area contributed by atoms with E-state index in [0.29, 0.717) is 36.3 Å². The van der Waals surface area contributed by atoms with Crippen molar-refractivity contribution >= 4 is 23.5 Å². The number of nitrogens with zero attached hydrogens (tertiary/aromatic N) is 6. The van der Waals surface area contributed by atoms with Gasteiger partial charge in [0.05, 0.1) is 12.8 Å². The molecule has 0 saturated carbocycles. The van der Waals surface area contributed by atoms with Crippen LogP contribution in [-0.4, -0.2) is 67.4 Å². The maximum absolute atomic E-state index is 13.3. The second-order valence-electron chi connectivity index (χ2n) is 8.87. The molecule has 3 N–H and O–H groups in total. The first-order chi connectivity index (χ1) is 17.3. The molecule has 1 fully saturated rings. The van der Waals surface area contributed by atoms with Crippen LogP contribution in [0.1, 0.15) is 24.0 Å². The van der Waals surface area contributed by atoms with E-state index in [4.69, 9.17) is 10.2 Å². The second-order valence-corrected chi connectivity index (χ2v) is 8.87. The molecule has 0 aliphatic carbocycles. The van der Waals surface area contributed by atoms with Gasteiger partial charge in [0.15, 0.2) is 11.5 Å². The van der Waals surface area contributed by atoms with E-state index >= 15 is 0 Å². The number of Topliss-reactive ketones (excluding diaryl/α,β-unsaturated/α-hetero) is 1. The van der Waals surface area contributed by atoms with Gasteiger partial charge >= 0.3 is 0 Å². The minimum Gasteiger partial charge on any atom is -0.461 e. The lowest BCUT2D eigenvalue weighted by atomic mass is 10.0. The van der Waals surface area contributed by atoms with Crippen molar-refractivity contribution in [2.75, 3.05) is 37.2 Å². The highest BCUT2D eigenvalue weighted by atomic mass is 19.3. The molecule has 1 aromatic carbocycles. The number of piperidine rings is 1. The molecule has 1 aliphatic rings. The number of carbonyl (C=O) groups excluding carboxylic acids is 1. The summed E-state index contributed by atoms with van der Waals surface area (Å²) >= 11 is 0. The topological polar surface area (TPSA) is 127 Å². The van der Waals surface area contributed by atoms with Crippen molar-refractivity contribution in [2.45, 2.75) is 31.6 Å². The van der Waals surface area contributed by atoms with Gasteiger partial charge in [-0.05, 0) is 29.7 Å². The number of likely N-dealkylation sites (tertiary alicyclic amines) is 1. The fourth-order valence-corrected chi connectivity index (χ4v) is 4.11. The fraction of sp³-hybridized carbons (Fsp3) is 0.375. The van der Waals surface area contributed by atoms with Crippen molar-refractivity contribution in [1.29, 1.82) is 0 Å². The zero-order valence-corrected chi connectivity index (χ0v) is 19.5. The standard InChI is InChI=1S/C24H26F2N8O2/c25-24(26)8-11-33(12-9-24)15-18(35)14-17-5-3-16(4-6-17)7-10-28-22-30-21(27)34-23(31-22)29-20(32-34)19-2-1-13-36-19/h1-6,13H,7-12,14-15H2,(H3,27,28,29,30,31,32). The van der Waals surface area contributed by atoms with Crippen molar-refractivity contribution in [3.63, 3.8) is 0 Å². The number of nitrogen functional groups attached to an aromatic ring is 1. The van der Waals surface area contributed by atoms with Gasteiger partial charge in [0, 0.05) is 38.9 Å². The van der Waals surface area contributed by atoms with E-state index in [9.17, 15) is 13.6 Å². The van der Waals surface area contributed by atoms with E-state index in [0.717, 1.165) is 11.1 Å². The summed E-state index contributed by atoms with van der Waals surface area (Å²) < 4.78 is 33.2. The Labute approximate surface area is 205 Å². The SMILES string of the molecule is Nc1nc(NCCc2ccc(CC(=O)CN3CCC(F)(F)CC3)cc2)nc2nc(-c3ccco3)nn12. The third-order valence-electron chi connectivity index (χ3n) is 6.08. The number of anilines is 2. The minimum absolute atomic E-state index is 0.0310. The predicted molar refractivity (Wildman–Crippen MR) is 129 cm³/mol. The van der Waals surface area contributed by atoms with Crippen LogP contribution < -0.4 is 11.1 Å². The Hall–Kier alpha value is -3.93. The van der Waals surface area contributed by atoms with E-state index in [1.165, 1.54) is 10.8 Å².